The molecule has 0 aromatic heterocycles. The van der Waals surface area contributed by atoms with Crippen LogP contribution >= 0.6 is 24.0 Å². The molecule has 0 radical (unpaired) electrons. The van der Waals surface area contributed by atoms with Gasteiger partial charge in [0.05, 0.1) is 6.54 Å². The van der Waals surface area contributed by atoms with Crippen molar-refractivity contribution < 1.29 is 9.90 Å². The van der Waals surface area contributed by atoms with Crippen LogP contribution in [0.5, 0.6) is 0 Å². The fraction of sp³-hybridized carbons (Fsp3) is 0.316. The fourth-order valence-electron chi connectivity index (χ4n) is 3.13. The van der Waals surface area contributed by atoms with Crippen LogP contribution < -0.4 is 5.32 Å². The van der Waals surface area contributed by atoms with Gasteiger partial charge in [-0.15, -0.1) is 12.4 Å². The third kappa shape index (κ3) is 5.44. The van der Waals surface area contributed by atoms with Gasteiger partial charge in [0.2, 0.25) is 0 Å². The smallest absolute Gasteiger partial charge is 0.317 e. The highest BCUT2D eigenvalue weighted by Gasteiger charge is 2.24. The number of aliphatic carboxylic acids is 1. The number of halogens is 2. The second-order valence-electron chi connectivity index (χ2n) is 6.13. The number of piperazine rings is 1. The molecular formula is C19H22Cl2N2O2. The molecule has 1 fully saturated rings. The number of nitrogens with one attached hydrogen (secondary N) is 1. The van der Waals surface area contributed by atoms with Gasteiger partial charge in [-0.25, -0.2) is 0 Å². The Morgan fingerprint density at radius 1 is 1.12 bits per heavy atom. The predicted molar refractivity (Wildman–Crippen MR) is 104 cm³/mol. The van der Waals surface area contributed by atoms with Crippen molar-refractivity contribution in [2.24, 2.45) is 0 Å². The summed E-state index contributed by atoms with van der Waals surface area (Å²) in [7, 11) is 0. The van der Waals surface area contributed by atoms with E-state index in [1.165, 1.54) is 5.56 Å². The maximum atomic E-state index is 11.0. The van der Waals surface area contributed by atoms with Crippen LogP contribution in [0.4, 0.5) is 0 Å². The maximum absolute atomic E-state index is 11.0. The van der Waals surface area contributed by atoms with Gasteiger partial charge in [0.25, 0.3) is 0 Å². The Morgan fingerprint density at radius 2 is 1.72 bits per heavy atom. The van der Waals surface area contributed by atoms with Crippen molar-refractivity contribution in [3.63, 3.8) is 0 Å². The van der Waals surface area contributed by atoms with Gasteiger partial charge in [0.1, 0.15) is 0 Å². The standard InChI is InChI=1S/C19H21ClN2O2.ClH/c20-17-7-5-16(6-8-17)15-3-1-14(2-4-15)11-18-12-21-9-10-22(18)13-19(23)24;/h1-8,18,21H,9-13H2,(H,23,24);1H/t18-;/m1./s1. The van der Waals surface area contributed by atoms with Crippen molar-refractivity contribution in [1.29, 1.82) is 0 Å². The lowest BCUT2D eigenvalue weighted by Gasteiger charge is -2.35. The molecule has 1 aliphatic heterocycles. The number of hydrogen-bond acceptors (Lipinski definition) is 3. The molecule has 1 atom stereocenters. The van der Waals surface area contributed by atoms with Gasteiger partial charge in [0.15, 0.2) is 0 Å². The van der Waals surface area contributed by atoms with Crippen LogP contribution in [0.1, 0.15) is 5.56 Å². The maximum Gasteiger partial charge on any atom is 0.317 e. The number of benzene rings is 2. The highest BCUT2D eigenvalue weighted by atomic mass is 35.5. The number of carboxylic acids is 1. The van der Waals surface area contributed by atoms with Crippen molar-refractivity contribution in [2.75, 3.05) is 26.2 Å². The highest BCUT2D eigenvalue weighted by Crippen LogP contribution is 2.22. The van der Waals surface area contributed by atoms with Crippen molar-refractivity contribution in [2.45, 2.75) is 12.5 Å². The summed E-state index contributed by atoms with van der Waals surface area (Å²) < 4.78 is 0. The summed E-state index contributed by atoms with van der Waals surface area (Å²) in [5.41, 5.74) is 3.51. The Bertz CT molecular complexity index is 690. The van der Waals surface area contributed by atoms with Gasteiger partial charge in [-0.05, 0) is 35.2 Å². The molecule has 25 heavy (non-hydrogen) atoms. The van der Waals surface area contributed by atoms with Crippen LogP contribution in [0.15, 0.2) is 48.5 Å². The minimum atomic E-state index is -0.764. The van der Waals surface area contributed by atoms with Crippen molar-refractivity contribution in [3.05, 3.63) is 59.1 Å². The molecule has 2 N–H and O–H groups in total. The van der Waals surface area contributed by atoms with Crippen molar-refractivity contribution in [3.8, 4) is 11.1 Å². The summed E-state index contributed by atoms with van der Waals surface area (Å²) in [6.07, 6.45) is 0.848. The zero-order chi connectivity index (χ0) is 16.9. The quantitative estimate of drug-likeness (QED) is 0.834. The molecule has 1 saturated heterocycles. The van der Waals surface area contributed by atoms with Crippen LogP contribution in [0.25, 0.3) is 11.1 Å². The lowest BCUT2D eigenvalue weighted by atomic mass is 9.99. The Balaban J connectivity index is 0.00000225. The van der Waals surface area contributed by atoms with Crippen LogP contribution in [0.2, 0.25) is 5.02 Å². The summed E-state index contributed by atoms with van der Waals surface area (Å²) in [5.74, 6) is -0.764. The number of carboxylic acid groups (broad SMARTS) is 1. The molecule has 0 unspecified atom stereocenters. The van der Waals surface area contributed by atoms with Crippen molar-refractivity contribution >= 4 is 30.0 Å². The first-order valence-electron chi connectivity index (χ1n) is 8.13. The lowest BCUT2D eigenvalue weighted by Crippen LogP contribution is -2.53. The molecule has 0 amide bonds. The summed E-state index contributed by atoms with van der Waals surface area (Å²) in [6.45, 7) is 2.56. The Morgan fingerprint density at radius 3 is 2.32 bits per heavy atom. The van der Waals surface area contributed by atoms with Crippen LogP contribution in [-0.4, -0.2) is 48.2 Å². The molecule has 4 nitrogen and oxygen atoms in total. The normalized spacial score (nSPS) is 17.7. The van der Waals surface area contributed by atoms with E-state index >= 15 is 0 Å². The van der Waals surface area contributed by atoms with Gasteiger partial charge in [-0.1, -0.05) is 48.0 Å². The summed E-state index contributed by atoms with van der Waals surface area (Å²) in [6, 6.07) is 16.5. The number of nitrogens with zero attached hydrogens (tertiary/aromatic N) is 1. The fourth-order valence-corrected chi connectivity index (χ4v) is 3.26. The molecule has 2 aromatic carbocycles. The van der Waals surface area contributed by atoms with E-state index in [1.54, 1.807) is 0 Å². The number of rotatable bonds is 5. The van der Waals surface area contributed by atoms with E-state index in [4.69, 9.17) is 16.7 Å². The summed E-state index contributed by atoms with van der Waals surface area (Å²) in [4.78, 5) is 13.1. The minimum absolute atomic E-state index is 0. The molecule has 1 aliphatic rings. The second kappa shape index (κ2) is 9.20. The molecular weight excluding hydrogens is 359 g/mol. The first-order chi connectivity index (χ1) is 11.6. The van der Waals surface area contributed by atoms with E-state index in [0.717, 1.165) is 42.2 Å². The van der Waals surface area contributed by atoms with E-state index < -0.39 is 5.97 Å². The summed E-state index contributed by atoms with van der Waals surface area (Å²) >= 11 is 5.93. The molecule has 0 bridgehead atoms. The first kappa shape index (κ1) is 19.7. The summed E-state index contributed by atoms with van der Waals surface area (Å²) in [5, 5.41) is 13.1. The largest absolute Gasteiger partial charge is 0.480 e. The molecule has 0 saturated carbocycles. The zero-order valence-corrected chi connectivity index (χ0v) is 15.4. The van der Waals surface area contributed by atoms with E-state index in [9.17, 15) is 4.79 Å². The van der Waals surface area contributed by atoms with Crippen LogP contribution in [0.3, 0.4) is 0 Å². The Hall–Kier alpha value is -1.59. The van der Waals surface area contributed by atoms with E-state index in [-0.39, 0.29) is 25.0 Å². The van der Waals surface area contributed by atoms with Gasteiger partial charge < -0.3 is 10.4 Å². The average Bonchev–Trinajstić information content (AvgIpc) is 2.58. The topological polar surface area (TPSA) is 52.6 Å². The van der Waals surface area contributed by atoms with Crippen molar-refractivity contribution in [1.82, 2.24) is 10.2 Å². The van der Waals surface area contributed by atoms with E-state index in [2.05, 4.69) is 29.6 Å². The number of carbonyl (C=O) groups is 1. The predicted octanol–water partition coefficient (Wildman–Crippen LogP) is 3.33. The monoisotopic (exact) mass is 380 g/mol. The third-order valence-corrected chi connectivity index (χ3v) is 4.67. The molecule has 0 spiro atoms. The number of hydrogen-bond donors (Lipinski definition) is 2. The van der Waals surface area contributed by atoms with Gasteiger partial charge >= 0.3 is 5.97 Å². The zero-order valence-electron chi connectivity index (χ0n) is 13.8. The Labute approximate surface area is 159 Å². The molecule has 0 aliphatic carbocycles. The SMILES string of the molecule is Cl.O=C(O)CN1CCNC[C@H]1Cc1ccc(-c2ccc(Cl)cc2)cc1. The molecule has 6 heteroatoms. The molecule has 2 aromatic rings. The lowest BCUT2D eigenvalue weighted by molar-refractivity contribution is -0.139. The first-order valence-corrected chi connectivity index (χ1v) is 8.51. The molecule has 1 heterocycles. The Kier molecular flexibility index (Phi) is 7.26. The molecule has 3 rings (SSSR count). The second-order valence-corrected chi connectivity index (χ2v) is 6.57. The van der Waals surface area contributed by atoms with Crippen LogP contribution in [-0.2, 0) is 11.2 Å². The van der Waals surface area contributed by atoms with Crippen LogP contribution in [0, 0.1) is 0 Å². The third-order valence-electron chi connectivity index (χ3n) is 4.41. The van der Waals surface area contributed by atoms with Gasteiger partial charge in [-0.2, -0.15) is 0 Å². The highest BCUT2D eigenvalue weighted by molar-refractivity contribution is 6.30. The van der Waals surface area contributed by atoms with E-state index in [1.807, 2.05) is 29.2 Å². The van der Waals surface area contributed by atoms with Gasteiger partial charge in [-0.3, -0.25) is 9.69 Å². The molecule has 134 valence electrons. The van der Waals surface area contributed by atoms with Gasteiger partial charge in [0, 0.05) is 30.7 Å². The van der Waals surface area contributed by atoms with E-state index in [0.29, 0.717) is 0 Å². The minimum Gasteiger partial charge on any atom is -0.480 e. The average molecular weight is 381 g/mol.